The number of pyridine rings is 2. The zero-order chi connectivity index (χ0) is 28.3. The summed E-state index contributed by atoms with van der Waals surface area (Å²) >= 11 is 0. The number of anilines is 2. The van der Waals surface area contributed by atoms with Gasteiger partial charge in [-0.1, -0.05) is 6.92 Å². The lowest BCUT2D eigenvalue weighted by molar-refractivity contribution is -0.117. The molecule has 0 spiro atoms. The number of nitrogens with zero attached hydrogens (tertiary/aromatic N) is 2. The van der Waals surface area contributed by atoms with Gasteiger partial charge in [-0.3, -0.25) is 4.79 Å². The Hall–Kier alpha value is -4.05. The van der Waals surface area contributed by atoms with E-state index >= 15 is 0 Å². The Morgan fingerprint density at radius 1 is 1.12 bits per heavy atom. The van der Waals surface area contributed by atoms with Crippen LogP contribution in [0.25, 0.3) is 22.4 Å². The number of ether oxygens (including phenoxy) is 1. The lowest BCUT2D eigenvalue weighted by Gasteiger charge is -2.15. The molecule has 40 heavy (non-hydrogen) atoms. The Balaban J connectivity index is 1.42. The number of aliphatic hydroxyl groups excluding tert-OH is 1. The molecule has 4 N–H and O–H groups in total. The average Bonchev–Trinajstić information content (AvgIpc) is 3.86. The Morgan fingerprint density at radius 3 is 2.65 bits per heavy atom. The first kappa shape index (κ1) is 27.5. The lowest BCUT2D eigenvalue weighted by Crippen LogP contribution is -2.30. The molecule has 0 radical (unpaired) electrons. The fourth-order valence-electron chi connectivity index (χ4n) is 4.45. The van der Waals surface area contributed by atoms with E-state index in [4.69, 9.17) is 4.74 Å². The highest BCUT2D eigenvalue weighted by atomic mass is 19.1. The second kappa shape index (κ2) is 11.6. The predicted octanol–water partition coefficient (Wildman–Crippen LogP) is 5.29. The number of aliphatic hydroxyl groups is 1. The van der Waals surface area contributed by atoms with E-state index in [9.17, 15) is 19.1 Å². The maximum Gasteiger partial charge on any atom is 0.319 e. The zero-order valence-corrected chi connectivity index (χ0v) is 22.7. The summed E-state index contributed by atoms with van der Waals surface area (Å²) in [6.45, 7) is 4.36. The van der Waals surface area contributed by atoms with Gasteiger partial charge < -0.3 is 25.8 Å². The third-order valence-corrected chi connectivity index (χ3v) is 7.39. The molecule has 210 valence electrons. The number of carbonyl (C=O) groups excluding carboxylic acids is 2. The van der Waals surface area contributed by atoms with E-state index in [1.54, 1.807) is 37.4 Å². The second-order valence-electron chi connectivity index (χ2n) is 10.9. The molecule has 10 heteroatoms. The molecule has 0 atom stereocenters. The largest absolute Gasteiger partial charge is 0.475 e. The van der Waals surface area contributed by atoms with Crippen LogP contribution in [0.4, 0.5) is 20.7 Å². The van der Waals surface area contributed by atoms with E-state index in [1.807, 2.05) is 6.07 Å². The minimum absolute atomic E-state index is 0.0400. The number of urea groups is 1. The molecule has 2 aromatic heterocycles. The molecule has 0 aliphatic heterocycles. The Labute approximate surface area is 232 Å². The van der Waals surface area contributed by atoms with Gasteiger partial charge in [0.15, 0.2) is 0 Å². The molecular weight excluding hydrogens is 513 g/mol. The first-order valence-corrected chi connectivity index (χ1v) is 13.6. The predicted molar refractivity (Wildman–Crippen MR) is 151 cm³/mol. The highest BCUT2D eigenvalue weighted by Gasteiger charge is 2.36. The van der Waals surface area contributed by atoms with Gasteiger partial charge in [-0.05, 0) is 91.5 Å². The molecule has 3 amide bonds. The molecule has 5 rings (SSSR count). The van der Waals surface area contributed by atoms with Gasteiger partial charge in [-0.25, -0.2) is 19.2 Å². The SMILES string of the molecule is Cc1cc(F)c(NC(=O)NCCC2(C)CC2)cc1-c1cc(OCCO)nc(-c2ccnc(NC(=O)C3CC3)c2)c1. The van der Waals surface area contributed by atoms with E-state index in [1.165, 1.54) is 18.9 Å². The lowest BCUT2D eigenvalue weighted by atomic mass is 9.98. The number of aryl methyl sites for hydroxylation is 1. The quantitative estimate of drug-likeness (QED) is 0.259. The van der Waals surface area contributed by atoms with Crippen molar-refractivity contribution in [3.63, 3.8) is 0 Å². The van der Waals surface area contributed by atoms with Crippen LogP contribution in [0.1, 0.15) is 44.6 Å². The number of aromatic nitrogens is 2. The summed E-state index contributed by atoms with van der Waals surface area (Å²) in [7, 11) is 0. The maximum atomic E-state index is 14.9. The second-order valence-corrected chi connectivity index (χ2v) is 10.9. The highest BCUT2D eigenvalue weighted by molar-refractivity contribution is 5.94. The number of carbonyl (C=O) groups is 2. The smallest absolute Gasteiger partial charge is 0.319 e. The summed E-state index contributed by atoms with van der Waals surface area (Å²) in [6.07, 6.45) is 6.58. The maximum absolute atomic E-state index is 14.9. The molecule has 2 aliphatic rings. The first-order chi connectivity index (χ1) is 19.2. The van der Waals surface area contributed by atoms with Crippen molar-refractivity contribution in [1.29, 1.82) is 0 Å². The van der Waals surface area contributed by atoms with Crippen LogP contribution in [0.2, 0.25) is 0 Å². The number of nitrogens with one attached hydrogen (secondary N) is 3. The zero-order valence-electron chi connectivity index (χ0n) is 22.7. The summed E-state index contributed by atoms with van der Waals surface area (Å²) in [5.41, 5.74) is 3.61. The molecule has 0 saturated heterocycles. The molecule has 9 nitrogen and oxygen atoms in total. The van der Waals surface area contributed by atoms with Gasteiger partial charge in [0, 0.05) is 30.3 Å². The number of halogens is 1. The van der Waals surface area contributed by atoms with Crippen molar-refractivity contribution >= 4 is 23.4 Å². The van der Waals surface area contributed by atoms with Crippen molar-refractivity contribution in [1.82, 2.24) is 15.3 Å². The van der Waals surface area contributed by atoms with Crippen LogP contribution in [-0.4, -0.2) is 46.8 Å². The normalized spacial score (nSPS) is 15.3. The summed E-state index contributed by atoms with van der Waals surface area (Å²) in [6, 6.07) is 9.55. The van der Waals surface area contributed by atoms with E-state index in [0.29, 0.717) is 45.7 Å². The number of amides is 3. The summed E-state index contributed by atoms with van der Waals surface area (Å²) in [5, 5.41) is 17.6. The van der Waals surface area contributed by atoms with E-state index in [-0.39, 0.29) is 36.6 Å². The molecule has 0 unspecified atom stereocenters. The molecular formula is C30H34FN5O4. The van der Waals surface area contributed by atoms with Crippen LogP contribution in [0.5, 0.6) is 5.88 Å². The minimum Gasteiger partial charge on any atom is -0.475 e. The Kier molecular flexibility index (Phi) is 7.97. The molecule has 0 bridgehead atoms. The average molecular weight is 548 g/mol. The van der Waals surface area contributed by atoms with Gasteiger partial charge in [0.05, 0.1) is 18.0 Å². The standard InChI is InChI=1S/C30H34FN5O4/c1-18-13-23(31)25(35-29(39)33-10-8-30(2)6-7-30)17-22(18)21-14-24(34-27(16-21)40-12-11-37)20-5-9-32-26(15-20)36-28(38)19-3-4-19/h5,9,13-17,19,37H,3-4,6-8,10-12H2,1-2H3,(H,32,36,38)(H2,33,35,39). The fraction of sp³-hybridized carbons (Fsp3) is 0.400. The summed E-state index contributed by atoms with van der Waals surface area (Å²) < 4.78 is 20.5. The van der Waals surface area contributed by atoms with Crippen LogP contribution in [0, 0.1) is 24.1 Å². The number of hydrogen-bond donors (Lipinski definition) is 4. The molecule has 2 saturated carbocycles. The Morgan fingerprint density at radius 2 is 1.93 bits per heavy atom. The van der Waals surface area contributed by atoms with E-state index in [0.717, 1.165) is 19.3 Å². The van der Waals surface area contributed by atoms with Gasteiger partial charge in [-0.15, -0.1) is 0 Å². The van der Waals surface area contributed by atoms with Gasteiger partial charge in [0.1, 0.15) is 18.2 Å². The molecule has 3 aromatic rings. The molecule has 2 fully saturated rings. The van der Waals surface area contributed by atoms with Crippen molar-refractivity contribution in [2.75, 3.05) is 30.4 Å². The summed E-state index contributed by atoms with van der Waals surface area (Å²) in [4.78, 5) is 33.6. The number of benzene rings is 1. The van der Waals surface area contributed by atoms with Crippen molar-refractivity contribution < 1.29 is 23.8 Å². The highest BCUT2D eigenvalue weighted by Crippen LogP contribution is 2.47. The molecule has 2 aliphatic carbocycles. The molecule has 1 aromatic carbocycles. The van der Waals surface area contributed by atoms with Crippen molar-refractivity contribution in [3.05, 3.63) is 54.0 Å². The fourth-order valence-corrected chi connectivity index (χ4v) is 4.45. The van der Waals surface area contributed by atoms with Gasteiger partial charge in [-0.2, -0.15) is 0 Å². The Bertz CT molecular complexity index is 1420. The third kappa shape index (κ3) is 6.93. The topological polar surface area (TPSA) is 125 Å². The third-order valence-electron chi connectivity index (χ3n) is 7.39. The monoisotopic (exact) mass is 547 g/mol. The van der Waals surface area contributed by atoms with Crippen LogP contribution in [-0.2, 0) is 4.79 Å². The van der Waals surface area contributed by atoms with Crippen molar-refractivity contribution in [2.24, 2.45) is 11.3 Å². The van der Waals surface area contributed by atoms with E-state index in [2.05, 4.69) is 32.8 Å². The molecule has 2 heterocycles. The summed E-state index contributed by atoms with van der Waals surface area (Å²) in [5.74, 6) is 0.142. The van der Waals surface area contributed by atoms with Gasteiger partial charge in [0.25, 0.3) is 0 Å². The van der Waals surface area contributed by atoms with Gasteiger partial charge >= 0.3 is 6.03 Å². The van der Waals surface area contributed by atoms with Crippen LogP contribution in [0.15, 0.2) is 42.6 Å². The first-order valence-electron chi connectivity index (χ1n) is 13.6. The number of hydrogen-bond acceptors (Lipinski definition) is 6. The van der Waals surface area contributed by atoms with Gasteiger partial charge in [0.2, 0.25) is 11.8 Å². The minimum atomic E-state index is -0.540. The van der Waals surface area contributed by atoms with Crippen LogP contribution < -0.4 is 20.7 Å². The van der Waals surface area contributed by atoms with Crippen molar-refractivity contribution in [3.8, 4) is 28.3 Å². The van der Waals surface area contributed by atoms with E-state index < -0.39 is 11.8 Å². The van der Waals surface area contributed by atoms with Crippen LogP contribution >= 0.6 is 0 Å². The number of rotatable bonds is 11. The van der Waals surface area contributed by atoms with Crippen LogP contribution in [0.3, 0.4) is 0 Å². The van der Waals surface area contributed by atoms with Crippen molar-refractivity contribution in [2.45, 2.75) is 46.0 Å².